The second-order valence-corrected chi connectivity index (χ2v) is 4.51. The molecule has 92 valence electrons. The van der Waals surface area contributed by atoms with E-state index in [1.165, 1.54) is 0 Å². The summed E-state index contributed by atoms with van der Waals surface area (Å²) in [5.41, 5.74) is 3.28. The number of nitriles is 1. The molecular formula is C16H12N2O. The van der Waals surface area contributed by atoms with Crippen molar-refractivity contribution >= 4 is 10.9 Å². The van der Waals surface area contributed by atoms with E-state index in [4.69, 9.17) is 0 Å². The molecule has 0 radical (unpaired) electrons. The molecule has 3 nitrogen and oxygen atoms in total. The fourth-order valence-electron chi connectivity index (χ4n) is 2.23. The third-order valence-electron chi connectivity index (χ3n) is 3.30. The van der Waals surface area contributed by atoms with E-state index in [-0.39, 0.29) is 5.75 Å². The topological polar surface area (TPSA) is 49.0 Å². The van der Waals surface area contributed by atoms with Crippen LogP contribution in [0.4, 0.5) is 0 Å². The zero-order chi connectivity index (χ0) is 13.4. The lowest BCUT2D eigenvalue weighted by Gasteiger charge is -2.07. The summed E-state index contributed by atoms with van der Waals surface area (Å²) < 4.78 is 1.92. The molecule has 0 aliphatic rings. The third-order valence-corrected chi connectivity index (χ3v) is 3.30. The number of nitrogens with zero attached hydrogens (tertiary/aromatic N) is 2. The highest BCUT2D eigenvalue weighted by molar-refractivity contribution is 5.87. The maximum atomic E-state index is 9.82. The standard InChI is InChI=1S/C16H12N2O/c1-11-6-7-13(8-16(11)19)18-10-12(9-17)14-4-2-3-5-15(14)18/h2-8,10,19H,1H3. The Labute approximate surface area is 111 Å². The molecule has 1 aromatic heterocycles. The lowest BCUT2D eigenvalue weighted by atomic mass is 10.2. The molecule has 3 heteroatoms. The first kappa shape index (κ1) is 11.4. The summed E-state index contributed by atoms with van der Waals surface area (Å²) in [7, 11) is 0. The van der Waals surface area contributed by atoms with Crippen LogP contribution in [0.5, 0.6) is 5.75 Å². The number of aryl methyl sites for hydroxylation is 1. The lowest BCUT2D eigenvalue weighted by Crippen LogP contribution is -1.91. The number of hydrogen-bond acceptors (Lipinski definition) is 2. The molecule has 0 amide bonds. The van der Waals surface area contributed by atoms with Crippen molar-refractivity contribution in [2.75, 3.05) is 0 Å². The fourth-order valence-corrected chi connectivity index (χ4v) is 2.23. The van der Waals surface area contributed by atoms with Crippen LogP contribution in [0, 0.1) is 18.3 Å². The zero-order valence-corrected chi connectivity index (χ0v) is 10.5. The number of phenolic OH excluding ortho intramolecular Hbond substituents is 1. The van der Waals surface area contributed by atoms with Gasteiger partial charge in [0.1, 0.15) is 11.8 Å². The van der Waals surface area contributed by atoms with Crippen LogP contribution in [-0.4, -0.2) is 9.67 Å². The summed E-state index contributed by atoms with van der Waals surface area (Å²) in [6.45, 7) is 1.85. The van der Waals surface area contributed by atoms with E-state index in [9.17, 15) is 10.4 Å². The van der Waals surface area contributed by atoms with Gasteiger partial charge >= 0.3 is 0 Å². The van der Waals surface area contributed by atoms with E-state index in [0.29, 0.717) is 5.56 Å². The lowest BCUT2D eigenvalue weighted by molar-refractivity contribution is 0.471. The Morgan fingerprint density at radius 3 is 2.68 bits per heavy atom. The van der Waals surface area contributed by atoms with Crippen molar-refractivity contribution in [2.24, 2.45) is 0 Å². The average molecular weight is 248 g/mol. The number of phenols is 1. The van der Waals surface area contributed by atoms with Crippen molar-refractivity contribution in [1.82, 2.24) is 4.57 Å². The first-order valence-electron chi connectivity index (χ1n) is 6.01. The first-order chi connectivity index (χ1) is 9.20. The minimum atomic E-state index is 0.258. The van der Waals surface area contributed by atoms with E-state index in [1.54, 1.807) is 12.3 Å². The van der Waals surface area contributed by atoms with Crippen molar-refractivity contribution in [2.45, 2.75) is 6.92 Å². The van der Waals surface area contributed by atoms with Crippen LogP contribution in [0.2, 0.25) is 0 Å². The van der Waals surface area contributed by atoms with Gasteiger partial charge in [0, 0.05) is 23.3 Å². The highest BCUT2D eigenvalue weighted by atomic mass is 16.3. The molecule has 2 aromatic carbocycles. The molecule has 0 fully saturated rings. The number of para-hydroxylation sites is 1. The van der Waals surface area contributed by atoms with Crippen molar-refractivity contribution < 1.29 is 5.11 Å². The number of fused-ring (bicyclic) bond motifs is 1. The number of hydrogen-bond donors (Lipinski definition) is 1. The molecule has 0 atom stereocenters. The number of aromatic nitrogens is 1. The quantitative estimate of drug-likeness (QED) is 0.716. The second kappa shape index (κ2) is 4.18. The zero-order valence-electron chi connectivity index (χ0n) is 10.5. The van der Waals surface area contributed by atoms with Gasteiger partial charge < -0.3 is 9.67 Å². The molecule has 0 saturated carbocycles. The van der Waals surface area contributed by atoms with Gasteiger partial charge in [0.25, 0.3) is 0 Å². The summed E-state index contributed by atoms with van der Waals surface area (Å²) in [6.07, 6.45) is 1.80. The van der Waals surface area contributed by atoms with Gasteiger partial charge in [0.05, 0.1) is 11.1 Å². The molecule has 19 heavy (non-hydrogen) atoms. The molecule has 1 N–H and O–H groups in total. The van der Waals surface area contributed by atoms with Gasteiger partial charge in [-0.3, -0.25) is 0 Å². The maximum absolute atomic E-state index is 9.82. The minimum Gasteiger partial charge on any atom is -0.508 e. The summed E-state index contributed by atoms with van der Waals surface area (Å²) in [6, 6.07) is 15.5. The van der Waals surface area contributed by atoms with Crippen LogP contribution in [0.25, 0.3) is 16.6 Å². The van der Waals surface area contributed by atoms with Crippen LogP contribution in [0.3, 0.4) is 0 Å². The summed E-state index contributed by atoms with van der Waals surface area (Å²) in [5, 5.41) is 19.9. The van der Waals surface area contributed by atoms with E-state index in [2.05, 4.69) is 6.07 Å². The smallest absolute Gasteiger partial charge is 0.120 e. The Bertz CT molecular complexity index is 809. The van der Waals surface area contributed by atoms with Gasteiger partial charge in [-0.15, -0.1) is 0 Å². The van der Waals surface area contributed by atoms with Crippen LogP contribution < -0.4 is 0 Å². The fraction of sp³-hybridized carbons (Fsp3) is 0.0625. The molecule has 0 unspecified atom stereocenters. The van der Waals surface area contributed by atoms with Gasteiger partial charge in [0.15, 0.2) is 0 Å². The Morgan fingerprint density at radius 2 is 1.95 bits per heavy atom. The van der Waals surface area contributed by atoms with Crippen molar-refractivity contribution in [3.8, 4) is 17.5 Å². The Balaban J connectivity index is 2.31. The highest BCUT2D eigenvalue weighted by Gasteiger charge is 2.09. The number of benzene rings is 2. The first-order valence-corrected chi connectivity index (χ1v) is 6.01. The molecule has 0 bridgehead atoms. The molecule has 0 saturated heterocycles. The van der Waals surface area contributed by atoms with E-state index >= 15 is 0 Å². The minimum absolute atomic E-state index is 0.258. The number of aromatic hydroxyl groups is 1. The predicted octanol–water partition coefficient (Wildman–Crippen LogP) is 3.52. The van der Waals surface area contributed by atoms with Crippen molar-refractivity contribution in [1.29, 1.82) is 5.26 Å². The molecule has 0 aliphatic heterocycles. The molecule has 3 rings (SSSR count). The van der Waals surface area contributed by atoms with E-state index in [1.807, 2.05) is 47.9 Å². The third kappa shape index (κ3) is 1.74. The van der Waals surface area contributed by atoms with Gasteiger partial charge in [-0.25, -0.2) is 0 Å². The van der Waals surface area contributed by atoms with Crippen molar-refractivity contribution in [3.63, 3.8) is 0 Å². The molecule has 1 heterocycles. The Morgan fingerprint density at radius 1 is 1.16 bits per heavy atom. The summed E-state index contributed by atoms with van der Waals surface area (Å²) in [4.78, 5) is 0. The Hall–Kier alpha value is -2.73. The van der Waals surface area contributed by atoms with E-state index in [0.717, 1.165) is 22.2 Å². The average Bonchev–Trinajstić information content (AvgIpc) is 2.81. The van der Waals surface area contributed by atoms with Crippen molar-refractivity contribution in [3.05, 3.63) is 59.8 Å². The van der Waals surface area contributed by atoms with Gasteiger partial charge in [-0.1, -0.05) is 24.3 Å². The monoisotopic (exact) mass is 248 g/mol. The van der Waals surface area contributed by atoms with Crippen LogP contribution in [0.15, 0.2) is 48.7 Å². The molecular weight excluding hydrogens is 236 g/mol. The number of rotatable bonds is 1. The van der Waals surface area contributed by atoms with Gasteiger partial charge in [-0.05, 0) is 24.6 Å². The van der Waals surface area contributed by atoms with Crippen LogP contribution in [-0.2, 0) is 0 Å². The van der Waals surface area contributed by atoms with Crippen LogP contribution in [0.1, 0.15) is 11.1 Å². The predicted molar refractivity (Wildman–Crippen MR) is 74.4 cm³/mol. The summed E-state index contributed by atoms with van der Waals surface area (Å²) >= 11 is 0. The SMILES string of the molecule is Cc1ccc(-n2cc(C#N)c3ccccc32)cc1O. The normalized spacial score (nSPS) is 10.5. The second-order valence-electron chi connectivity index (χ2n) is 4.51. The highest BCUT2D eigenvalue weighted by Crippen LogP contribution is 2.27. The Kier molecular flexibility index (Phi) is 2.50. The van der Waals surface area contributed by atoms with Gasteiger partial charge in [-0.2, -0.15) is 5.26 Å². The largest absolute Gasteiger partial charge is 0.508 e. The maximum Gasteiger partial charge on any atom is 0.120 e. The summed E-state index contributed by atoms with van der Waals surface area (Å²) in [5.74, 6) is 0.258. The van der Waals surface area contributed by atoms with Gasteiger partial charge in [0.2, 0.25) is 0 Å². The van der Waals surface area contributed by atoms with E-state index < -0.39 is 0 Å². The van der Waals surface area contributed by atoms with Crippen LogP contribution >= 0.6 is 0 Å². The molecule has 0 spiro atoms. The molecule has 0 aliphatic carbocycles. The molecule has 3 aromatic rings.